The van der Waals surface area contributed by atoms with Crippen molar-refractivity contribution in [2.45, 2.75) is 59.2 Å². The van der Waals surface area contributed by atoms with Crippen LogP contribution < -0.4 is 5.32 Å². The minimum Gasteiger partial charge on any atom is -0.444 e. The van der Waals surface area contributed by atoms with E-state index in [2.05, 4.69) is 24.1 Å². The van der Waals surface area contributed by atoms with E-state index in [1.165, 1.54) is 7.11 Å². The van der Waals surface area contributed by atoms with Crippen molar-refractivity contribution in [3.8, 4) is 0 Å². The monoisotopic (exact) mass is 379 g/mol. The molecular weight excluding hydrogens is 346 g/mol. The lowest BCUT2D eigenvalue weighted by molar-refractivity contribution is -0.138. The fourth-order valence-corrected chi connectivity index (χ4v) is 2.96. The summed E-state index contributed by atoms with van der Waals surface area (Å²) in [5.74, 6) is -0.0458. The van der Waals surface area contributed by atoms with Crippen LogP contribution in [0, 0.1) is 5.92 Å². The second kappa shape index (κ2) is 10.3. The molecule has 7 nitrogen and oxygen atoms in total. The van der Waals surface area contributed by atoms with E-state index in [0.717, 1.165) is 5.56 Å². The number of pyridine rings is 1. The van der Waals surface area contributed by atoms with E-state index in [0.29, 0.717) is 6.54 Å². The number of hydrogen-bond donors (Lipinski definition) is 1. The standard InChI is InChI=1S/C20H33N3O4/c1-8-23(17(14(2)3)15-10-9-11-21-12-15)18(24)16(13-26-7)22-19(25)27-20(4,5)6/h9-12,14,16-17H,8,13H2,1-7H3,(H,22,25)/t16-,17?/m0/s1. The third-order valence-corrected chi connectivity index (χ3v) is 3.94. The lowest BCUT2D eigenvalue weighted by Gasteiger charge is -2.36. The van der Waals surface area contributed by atoms with E-state index >= 15 is 0 Å². The Bertz CT molecular complexity index is 599. The van der Waals surface area contributed by atoms with Crippen LogP contribution in [0.15, 0.2) is 24.5 Å². The first kappa shape index (κ1) is 22.9. The number of nitrogens with zero attached hydrogens (tertiary/aromatic N) is 2. The minimum absolute atomic E-state index is 0.0619. The van der Waals surface area contributed by atoms with Crippen LogP contribution in [0.2, 0.25) is 0 Å². The SMILES string of the molecule is CCN(C(=O)[C@H](COC)NC(=O)OC(C)(C)C)C(c1cccnc1)C(C)C. The zero-order valence-corrected chi connectivity index (χ0v) is 17.5. The summed E-state index contributed by atoms with van der Waals surface area (Å²) >= 11 is 0. The Hall–Kier alpha value is -2.15. The Morgan fingerprint density at radius 1 is 1.30 bits per heavy atom. The molecule has 0 aliphatic heterocycles. The minimum atomic E-state index is -0.831. The van der Waals surface area contributed by atoms with E-state index in [4.69, 9.17) is 9.47 Å². The van der Waals surface area contributed by atoms with Crippen LogP contribution in [0.25, 0.3) is 0 Å². The third-order valence-electron chi connectivity index (χ3n) is 3.94. The van der Waals surface area contributed by atoms with Gasteiger partial charge in [-0.25, -0.2) is 4.79 Å². The molecule has 1 rings (SSSR count). The number of rotatable bonds is 8. The molecule has 1 heterocycles. The fraction of sp³-hybridized carbons (Fsp3) is 0.650. The molecule has 1 N–H and O–H groups in total. The molecule has 2 amide bonds. The Morgan fingerprint density at radius 2 is 1.96 bits per heavy atom. The van der Waals surface area contributed by atoms with Crippen molar-refractivity contribution in [2.75, 3.05) is 20.3 Å². The third kappa shape index (κ3) is 7.17. The number of methoxy groups -OCH3 is 1. The van der Waals surface area contributed by atoms with E-state index in [-0.39, 0.29) is 24.5 Å². The van der Waals surface area contributed by atoms with Gasteiger partial charge in [0, 0.05) is 26.0 Å². The Kier molecular flexibility index (Phi) is 8.69. The molecule has 2 atom stereocenters. The van der Waals surface area contributed by atoms with Gasteiger partial charge in [0.1, 0.15) is 11.6 Å². The number of ether oxygens (including phenoxy) is 2. The number of carbonyl (C=O) groups is 2. The predicted octanol–water partition coefficient (Wildman–Crippen LogP) is 3.17. The maximum Gasteiger partial charge on any atom is 0.408 e. The van der Waals surface area contributed by atoms with Crippen LogP contribution in [-0.4, -0.2) is 53.8 Å². The van der Waals surface area contributed by atoms with Crippen molar-refractivity contribution in [3.05, 3.63) is 30.1 Å². The van der Waals surface area contributed by atoms with E-state index in [9.17, 15) is 9.59 Å². The van der Waals surface area contributed by atoms with E-state index in [1.807, 2.05) is 19.1 Å². The van der Waals surface area contributed by atoms with Gasteiger partial charge in [0.2, 0.25) is 5.91 Å². The van der Waals surface area contributed by atoms with Crippen molar-refractivity contribution in [1.82, 2.24) is 15.2 Å². The maximum atomic E-state index is 13.2. The average Bonchev–Trinajstić information content (AvgIpc) is 2.57. The summed E-state index contributed by atoms with van der Waals surface area (Å²) in [7, 11) is 1.49. The van der Waals surface area contributed by atoms with Gasteiger partial charge in [0.15, 0.2) is 0 Å². The lowest BCUT2D eigenvalue weighted by Crippen LogP contribution is -2.53. The number of hydrogen-bond acceptors (Lipinski definition) is 5. The highest BCUT2D eigenvalue weighted by Crippen LogP contribution is 2.28. The summed E-state index contributed by atoms with van der Waals surface area (Å²) in [6.45, 7) is 11.9. The Balaban J connectivity index is 3.06. The fourth-order valence-electron chi connectivity index (χ4n) is 2.96. The molecule has 0 saturated carbocycles. The Morgan fingerprint density at radius 3 is 2.41 bits per heavy atom. The summed E-state index contributed by atoms with van der Waals surface area (Å²) in [6, 6.07) is 2.83. The molecule has 0 aliphatic carbocycles. The van der Waals surface area contributed by atoms with Crippen LogP contribution in [-0.2, 0) is 14.3 Å². The van der Waals surface area contributed by atoms with Gasteiger partial charge in [-0.05, 0) is 45.2 Å². The molecule has 0 radical (unpaired) electrons. The summed E-state index contributed by atoms with van der Waals surface area (Å²) in [6.07, 6.45) is 2.83. The number of carbonyl (C=O) groups excluding carboxylic acids is 2. The molecule has 1 aromatic heterocycles. The van der Waals surface area contributed by atoms with E-state index < -0.39 is 17.7 Å². The Labute approximate surface area is 162 Å². The number of likely N-dealkylation sites (N-methyl/N-ethyl adjacent to an activating group) is 1. The van der Waals surface area contributed by atoms with Gasteiger partial charge in [-0.3, -0.25) is 9.78 Å². The van der Waals surface area contributed by atoms with Gasteiger partial charge in [-0.1, -0.05) is 19.9 Å². The molecule has 0 aromatic carbocycles. The second-order valence-electron chi connectivity index (χ2n) is 7.75. The highest BCUT2D eigenvalue weighted by atomic mass is 16.6. The van der Waals surface area contributed by atoms with Gasteiger partial charge in [-0.15, -0.1) is 0 Å². The average molecular weight is 380 g/mol. The zero-order valence-electron chi connectivity index (χ0n) is 17.5. The van der Waals surface area contributed by atoms with Crippen molar-refractivity contribution in [2.24, 2.45) is 5.92 Å². The van der Waals surface area contributed by atoms with Crippen molar-refractivity contribution in [3.63, 3.8) is 0 Å². The zero-order chi connectivity index (χ0) is 20.6. The second-order valence-corrected chi connectivity index (χ2v) is 7.75. The van der Waals surface area contributed by atoms with Gasteiger partial charge >= 0.3 is 6.09 Å². The molecule has 0 spiro atoms. The van der Waals surface area contributed by atoms with Gasteiger partial charge in [-0.2, -0.15) is 0 Å². The van der Waals surface area contributed by atoms with Crippen LogP contribution in [0.3, 0.4) is 0 Å². The molecule has 1 unspecified atom stereocenters. The number of amides is 2. The predicted molar refractivity (Wildman–Crippen MR) is 104 cm³/mol. The van der Waals surface area contributed by atoms with Crippen LogP contribution >= 0.6 is 0 Å². The number of alkyl carbamates (subject to hydrolysis) is 1. The van der Waals surface area contributed by atoms with Crippen LogP contribution in [0.1, 0.15) is 53.1 Å². The molecular formula is C20H33N3O4. The van der Waals surface area contributed by atoms with Crippen LogP contribution in [0.4, 0.5) is 4.79 Å². The molecule has 152 valence electrons. The molecule has 0 bridgehead atoms. The summed E-state index contributed by atoms with van der Waals surface area (Å²) in [5.41, 5.74) is 0.307. The van der Waals surface area contributed by atoms with Crippen molar-refractivity contribution >= 4 is 12.0 Å². The number of aromatic nitrogens is 1. The largest absolute Gasteiger partial charge is 0.444 e. The molecule has 0 fully saturated rings. The summed E-state index contributed by atoms with van der Waals surface area (Å²) in [5, 5.41) is 2.64. The quantitative estimate of drug-likeness (QED) is 0.750. The molecule has 0 saturated heterocycles. The lowest BCUT2D eigenvalue weighted by atomic mass is 9.95. The number of nitrogens with one attached hydrogen (secondary N) is 1. The highest BCUT2D eigenvalue weighted by molar-refractivity contribution is 5.86. The maximum absolute atomic E-state index is 13.2. The van der Waals surface area contributed by atoms with Gasteiger partial charge in [0.25, 0.3) is 0 Å². The molecule has 7 heteroatoms. The van der Waals surface area contributed by atoms with Gasteiger partial charge < -0.3 is 19.7 Å². The summed E-state index contributed by atoms with van der Waals surface area (Å²) < 4.78 is 10.5. The molecule has 0 aliphatic rings. The first-order valence-corrected chi connectivity index (χ1v) is 9.29. The van der Waals surface area contributed by atoms with E-state index in [1.54, 1.807) is 38.1 Å². The van der Waals surface area contributed by atoms with Crippen molar-refractivity contribution in [1.29, 1.82) is 0 Å². The normalized spacial score (nSPS) is 13.8. The smallest absolute Gasteiger partial charge is 0.408 e. The topological polar surface area (TPSA) is 80.8 Å². The highest BCUT2D eigenvalue weighted by Gasteiger charge is 2.33. The molecule has 1 aromatic rings. The summed E-state index contributed by atoms with van der Waals surface area (Å²) in [4.78, 5) is 31.3. The first-order chi connectivity index (χ1) is 12.6. The van der Waals surface area contributed by atoms with Crippen molar-refractivity contribution < 1.29 is 19.1 Å². The van der Waals surface area contributed by atoms with Crippen LogP contribution in [0.5, 0.6) is 0 Å². The molecule has 27 heavy (non-hydrogen) atoms. The van der Waals surface area contributed by atoms with Gasteiger partial charge in [0.05, 0.1) is 12.6 Å². The first-order valence-electron chi connectivity index (χ1n) is 9.29.